The van der Waals surface area contributed by atoms with Crippen LogP contribution in [-0.4, -0.2) is 55.6 Å². The molecule has 7 nitrogen and oxygen atoms in total. The zero-order chi connectivity index (χ0) is 24.0. The normalized spacial score (nSPS) is 16.3. The van der Waals surface area contributed by atoms with Gasteiger partial charge >= 0.3 is 0 Å². The number of amides is 2. The molecule has 9 heteroatoms. The highest BCUT2D eigenvalue weighted by molar-refractivity contribution is 7.89. The third kappa shape index (κ3) is 6.39. The summed E-state index contributed by atoms with van der Waals surface area (Å²) in [6, 6.07) is 12.9. The molecule has 2 aromatic carbocycles. The molecule has 0 saturated carbocycles. The number of nitrogens with one attached hydrogen (secondary N) is 1. The van der Waals surface area contributed by atoms with Crippen molar-refractivity contribution in [1.29, 1.82) is 0 Å². The van der Waals surface area contributed by atoms with Gasteiger partial charge in [-0.15, -0.1) is 0 Å². The van der Waals surface area contributed by atoms with Gasteiger partial charge in [0.1, 0.15) is 11.9 Å². The first-order chi connectivity index (χ1) is 15.7. The fourth-order valence-electron chi connectivity index (χ4n) is 3.82. The highest BCUT2D eigenvalue weighted by atomic mass is 32.2. The number of carbonyl (C=O) groups is 2. The van der Waals surface area contributed by atoms with Crippen LogP contribution in [0.2, 0.25) is 0 Å². The molecule has 0 aliphatic carbocycles. The van der Waals surface area contributed by atoms with Crippen molar-refractivity contribution >= 4 is 21.8 Å². The van der Waals surface area contributed by atoms with Crippen LogP contribution >= 0.6 is 0 Å². The maximum atomic E-state index is 13.4. The second-order valence-corrected chi connectivity index (χ2v) is 10.5. The first kappa shape index (κ1) is 24.9. The van der Waals surface area contributed by atoms with E-state index in [1.165, 1.54) is 16.4 Å². The minimum atomic E-state index is -3.80. The van der Waals surface area contributed by atoms with Crippen molar-refractivity contribution in [3.05, 3.63) is 66.0 Å². The molecule has 1 N–H and O–H groups in total. The van der Waals surface area contributed by atoms with E-state index in [4.69, 9.17) is 0 Å². The molecular formula is C24H30FN3O4S. The third-order valence-electron chi connectivity index (χ3n) is 5.50. The Morgan fingerprint density at radius 2 is 1.64 bits per heavy atom. The van der Waals surface area contributed by atoms with Crippen LogP contribution in [0.15, 0.2) is 59.5 Å². The Morgan fingerprint density at radius 3 is 2.27 bits per heavy atom. The Kier molecular flexibility index (Phi) is 8.20. The molecule has 0 spiro atoms. The summed E-state index contributed by atoms with van der Waals surface area (Å²) in [7, 11) is -3.80. The summed E-state index contributed by atoms with van der Waals surface area (Å²) in [5.74, 6) is -0.824. The van der Waals surface area contributed by atoms with Crippen molar-refractivity contribution in [2.24, 2.45) is 5.92 Å². The molecule has 178 valence electrons. The van der Waals surface area contributed by atoms with Crippen molar-refractivity contribution in [2.75, 3.05) is 26.2 Å². The van der Waals surface area contributed by atoms with Crippen LogP contribution in [0.4, 0.5) is 4.39 Å². The summed E-state index contributed by atoms with van der Waals surface area (Å²) < 4.78 is 40.5. The van der Waals surface area contributed by atoms with E-state index in [1.54, 1.807) is 17.0 Å². The molecule has 0 aromatic heterocycles. The molecule has 0 bridgehead atoms. The standard InChI is InChI=1S/C24H30FN3O4S/c1-18(2)17-22(29)26-23(19-7-4-3-5-8-19)24(30)27-13-6-14-28(16-15-27)33(31,32)21-11-9-20(25)10-12-21/h3-5,7-12,18,23H,6,13-17H2,1-2H3,(H,26,29). The Labute approximate surface area is 194 Å². The van der Waals surface area contributed by atoms with Gasteiger partial charge in [0.2, 0.25) is 21.8 Å². The average Bonchev–Trinajstić information content (AvgIpc) is 3.04. The van der Waals surface area contributed by atoms with Gasteiger partial charge in [0.25, 0.3) is 0 Å². The summed E-state index contributed by atoms with van der Waals surface area (Å²) in [4.78, 5) is 27.5. The number of nitrogens with zero attached hydrogens (tertiary/aromatic N) is 2. The predicted octanol–water partition coefficient (Wildman–Crippen LogP) is 2.95. The number of hydrogen-bond acceptors (Lipinski definition) is 4. The first-order valence-electron chi connectivity index (χ1n) is 11.1. The Morgan fingerprint density at radius 1 is 0.970 bits per heavy atom. The molecular weight excluding hydrogens is 445 g/mol. The van der Waals surface area contributed by atoms with Gasteiger partial charge in [-0.1, -0.05) is 44.2 Å². The molecule has 2 amide bonds. The lowest BCUT2D eigenvalue weighted by Gasteiger charge is -2.27. The molecule has 1 fully saturated rings. The maximum Gasteiger partial charge on any atom is 0.249 e. The van der Waals surface area contributed by atoms with E-state index >= 15 is 0 Å². The van der Waals surface area contributed by atoms with E-state index in [2.05, 4.69) is 5.32 Å². The lowest BCUT2D eigenvalue weighted by Crippen LogP contribution is -2.44. The molecule has 2 aromatic rings. The van der Waals surface area contributed by atoms with Gasteiger partial charge in [-0.3, -0.25) is 9.59 Å². The smallest absolute Gasteiger partial charge is 0.249 e. The van der Waals surface area contributed by atoms with Gasteiger partial charge in [0.15, 0.2) is 0 Å². The second-order valence-electron chi connectivity index (χ2n) is 8.55. The lowest BCUT2D eigenvalue weighted by molar-refractivity contribution is -0.136. The van der Waals surface area contributed by atoms with Crippen molar-refractivity contribution in [1.82, 2.24) is 14.5 Å². The molecule has 3 rings (SSSR count). The maximum absolute atomic E-state index is 13.4. The molecule has 1 aliphatic rings. The number of rotatable bonds is 7. The second kappa shape index (κ2) is 10.9. The van der Waals surface area contributed by atoms with E-state index < -0.39 is 21.9 Å². The first-order valence-corrected chi connectivity index (χ1v) is 12.5. The largest absolute Gasteiger partial charge is 0.341 e. The molecule has 1 saturated heterocycles. The van der Waals surface area contributed by atoms with Gasteiger partial charge in [-0.2, -0.15) is 4.31 Å². The van der Waals surface area contributed by atoms with E-state index in [0.717, 1.165) is 12.1 Å². The van der Waals surface area contributed by atoms with Crippen LogP contribution in [0.25, 0.3) is 0 Å². The Hall–Kier alpha value is -2.78. The monoisotopic (exact) mass is 475 g/mol. The van der Waals surface area contributed by atoms with Crippen molar-refractivity contribution in [3.8, 4) is 0 Å². The fraction of sp³-hybridized carbons (Fsp3) is 0.417. The van der Waals surface area contributed by atoms with Crippen LogP contribution < -0.4 is 5.32 Å². The van der Waals surface area contributed by atoms with E-state index in [1.807, 2.05) is 32.0 Å². The van der Waals surface area contributed by atoms with Crippen molar-refractivity contribution in [3.63, 3.8) is 0 Å². The number of carbonyl (C=O) groups excluding carboxylic acids is 2. The Bertz CT molecular complexity index is 1060. The molecule has 1 heterocycles. The summed E-state index contributed by atoms with van der Waals surface area (Å²) in [6.45, 7) is 4.81. The molecule has 1 unspecified atom stereocenters. The minimum absolute atomic E-state index is 0.0202. The summed E-state index contributed by atoms with van der Waals surface area (Å²) >= 11 is 0. The number of benzene rings is 2. The van der Waals surface area contributed by atoms with Crippen LogP contribution in [0, 0.1) is 11.7 Å². The minimum Gasteiger partial charge on any atom is -0.341 e. The lowest BCUT2D eigenvalue weighted by atomic mass is 10.0. The van der Waals surface area contributed by atoms with Gasteiger partial charge in [0.05, 0.1) is 4.90 Å². The van der Waals surface area contributed by atoms with Crippen LogP contribution in [0.3, 0.4) is 0 Å². The summed E-state index contributed by atoms with van der Waals surface area (Å²) in [6.07, 6.45) is 0.758. The Balaban J connectivity index is 1.75. The third-order valence-corrected chi connectivity index (χ3v) is 7.41. The predicted molar refractivity (Wildman–Crippen MR) is 123 cm³/mol. The molecule has 1 atom stereocenters. The molecule has 33 heavy (non-hydrogen) atoms. The van der Waals surface area contributed by atoms with Crippen molar-refractivity contribution in [2.45, 2.75) is 37.6 Å². The van der Waals surface area contributed by atoms with Gasteiger partial charge in [-0.05, 0) is 42.2 Å². The summed E-state index contributed by atoms with van der Waals surface area (Å²) in [5, 5.41) is 2.86. The molecule has 1 aliphatic heterocycles. The zero-order valence-electron chi connectivity index (χ0n) is 18.9. The van der Waals surface area contributed by atoms with Gasteiger partial charge < -0.3 is 10.2 Å². The SMILES string of the molecule is CC(C)CC(=O)NC(C(=O)N1CCCN(S(=O)(=O)c2ccc(F)cc2)CC1)c1ccccc1. The highest BCUT2D eigenvalue weighted by Crippen LogP contribution is 2.21. The van der Waals surface area contributed by atoms with Gasteiger partial charge in [-0.25, -0.2) is 12.8 Å². The number of halogens is 1. The average molecular weight is 476 g/mol. The van der Waals surface area contributed by atoms with Gasteiger partial charge in [0, 0.05) is 32.6 Å². The number of sulfonamides is 1. The number of hydrogen-bond donors (Lipinski definition) is 1. The van der Waals surface area contributed by atoms with E-state index in [-0.39, 0.29) is 42.3 Å². The van der Waals surface area contributed by atoms with E-state index in [9.17, 15) is 22.4 Å². The van der Waals surface area contributed by atoms with Crippen LogP contribution in [0.5, 0.6) is 0 Å². The van der Waals surface area contributed by atoms with Crippen molar-refractivity contribution < 1.29 is 22.4 Å². The topological polar surface area (TPSA) is 86.8 Å². The van der Waals surface area contributed by atoms with Crippen LogP contribution in [-0.2, 0) is 19.6 Å². The highest BCUT2D eigenvalue weighted by Gasteiger charge is 2.32. The fourth-order valence-corrected chi connectivity index (χ4v) is 5.29. The van der Waals surface area contributed by atoms with Crippen LogP contribution in [0.1, 0.15) is 38.3 Å². The quantitative estimate of drug-likeness (QED) is 0.667. The zero-order valence-corrected chi connectivity index (χ0v) is 19.7. The molecule has 0 radical (unpaired) electrons. The summed E-state index contributed by atoms with van der Waals surface area (Å²) in [5.41, 5.74) is 0.680. The van der Waals surface area contributed by atoms with E-state index in [0.29, 0.717) is 24.9 Å².